The minimum absolute atomic E-state index is 0.269. The second-order valence-electron chi connectivity index (χ2n) is 4.20. The number of hydrogen-bond donors (Lipinski definition) is 0. The van der Waals surface area contributed by atoms with Gasteiger partial charge in [-0.3, -0.25) is 4.57 Å². The molecule has 0 fully saturated rings. The maximum absolute atomic E-state index is 6.18. The van der Waals surface area contributed by atoms with E-state index in [1.165, 1.54) is 0 Å². The van der Waals surface area contributed by atoms with E-state index in [0.29, 0.717) is 20.9 Å². The second kappa shape index (κ2) is 5.45. The number of halogens is 4. The van der Waals surface area contributed by atoms with E-state index in [0.717, 1.165) is 16.7 Å². The highest BCUT2D eigenvalue weighted by atomic mass is 35.5. The molecule has 1 aromatic heterocycles. The molecule has 0 N–H and O–H groups in total. The van der Waals surface area contributed by atoms with Crippen molar-refractivity contribution in [1.82, 2.24) is 9.55 Å². The van der Waals surface area contributed by atoms with Crippen molar-refractivity contribution in [3.05, 3.63) is 57.3 Å². The van der Waals surface area contributed by atoms with Crippen LogP contribution in [0, 0.1) is 0 Å². The molecular weight excluding hydrogens is 338 g/mol. The Morgan fingerprint density at radius 1 is 0.950 bits per heavy atom. The lowest BCUT2D eigenvalue weighted by Gasteiger charge is -2.09. The van der Waals surface area contributed by atoms with Crippen molar-refractivity contribution < 1.29 is 0 Å². The van der Waals surface area contributed by atoms with Crippen molar-refractivity contribution in [3.8, 4) is 5.69 Å². The quantitative estimate of drug-likeness (QED) is 0.543. The Balaban J connectivity index is 2.34. The summed E-state index contributed by atoms with van der Waals surface area (Å²) in [5, 5.41) is 1.58. The van der Waals surface area contributed by atoms with Crippen LogP contribution in [0.3, 0.4) is 0 Å². The summed E-state index contributed by atoms with van der Waals surface area (Å²) in [4.78, 5) is 4.48. The maximum Gasteiger partial charge on any atom is 0.129 e. The highest BCUT2D eigenvalue weighted by Gasteiger charge is 2.14. The van der Waals surface area contributed by atoms with Crippen molar-refractivity contribution in [1.29, 1.82) is 0 Å². The third kappa shape index (κ3) is 2.27. The average Bonchev–Trinajstić information content (AvgIpc) is 2.82. The summed E-state index contributed by atoms with van der Waals surface area (Å²) >= 11 is 24.2. The molecule has 2 aromatic carbocycles. The van der Waals surface area contributed by atoms with Gasteiger partial charge >= 0.3 is 0 Å². The van der Waals surface area contributed by atoms with E-state index in [1.807, 2.05) is 22.8 Å². The van der Waals surface area contributed by atoms with Gasteiger partial charge in [0.1, 0.15) is 11.3 Å². The van der Waals surface area contributed by atoms with Crippen LogP contribution in [0.25, 0.3) is 16.7 Å². The molecule has 0 amide bonds. The van der Waals surface area contributed by atoms with E-state index in [1.54, 1.807) is 18.2 Å². The van der Waals surface area contributed by atoms with Gasteiger partial charge in [0.05, 0.1) is 26.5 Å². The third-order valence-corrected chi connectivity index (χ3v) is 4.27. The lowest BCUT2D eigenvalue weighted by molar-refractivity contribution is 0.982. The van der Waals surface area contributed by atoms with Crippen LogP contribution in [-0.2, 0) is 5.88 Å². The Morgan fingerprint density at radius 3 is 2.45 bits per heavy atom. The first kappa shape index (κ1) is 14.0. The number of nitrogens with zero attached hydrogens (tertiary/aromatic N) is 2. The molecule has 0 atom stereocenters. The smallest absolute Gasteiger partial charge is 0.129 e. The summed E-state index contributed by atoms with van der Waals surface area (Å²) in [5.74, 6) is 0.971. The molecule has 0 aliphatic heterocycles. The number of para-hydroxylation sites is 1. The predicted octanol–water partition coefficient (Wildman–Crippen LogP) is 5.72. The zero-order chi connectivity index (χ0) is 14.3. The summed E-state index contributed by atoms with van der Waals surface area (Å²) in [7, 11) is 0. The van der Waals surface area contributed by atoms with Crippen LogP contribution >= 0.6 is 46.4 Å². The van der Waals surface area contributed by atoms with Gasteiger partial charge in [-0.2, -0.15) is 0 Å². The Labute approximate surface area is 135 Å². The predicted molar refractivity (Wildman–Crippen MR) is 85.7 cm³/mol. The molecule has 1 heterocycles. The number of rotatable bonds is 2. The van der Waals surface area contributed by atoms with Crippen molar-refractivity contribution in [3.63, 3.8) is 0 Å². The summed E-state index contributed by atoms with van der Waals surface area (Å²) in [6.45, 7) is 0. The topological polar surface area (TPSA) is 17.8 Å². The molecule has 0 aliphatic rings. The van der Waals surface area contributed by atoms with Crippen molar-refractivity contribution >= 4 is 57.4 Å². The molecule has 0 radical (unpaired) electrons. The molecular formula is C14H8Cl4N2. The Bertz CT molecular complexity index is 795. The fourth-order valence-corrected chi connectivity index (χ4v) is 2.80. The van der Waals surface area contributed by atoms with E-state index in [-0.39, 0.29) is 5.88 Å². The fourth-order valence-electron chi connectivity index (χ4n) is 2.12. The van der Waals surface area contributed by atoms with E-state index in [4.69, 9.17) is 46.4 Å². The number of benzene rings is 2. The van der Waals surface area contributed by atoms with Crippen molar-refractivity contribution in [2.45, 2.75) is 5.88 Å². The maximum atomic E-state index is 6.18. The molecule has 0 saturated carbocycles. The van der Waals surface area contributed by atoms with Gasteiger partial charge in [-0.15, -0.1) is 11.6 Å². The molecule has 3 rings (SSSR count). The minimum Gasteiger partial charge on any atom is -0.295 e. The molecule has 102 valence electrons. The number of aromatic nitrogens is 2. The highest BCUT2D eigenvalue weighted by molar-refractivity contribution is 6.42. The number of hydrogen-bond acceptors (Lipinski definition) is 1. The van der Waals surface area contributed by atoms with Crippen molar-refractivity contribution in [2.24, 2.45) is 0 Å². The molecule has 6 heteroatoms. The molecule has 20 heavy (non-hydrogen) atoms. The lowest BCUT2D eigenvalue weighted by Crippen LogP contribution is -1.99. The molecule has 3 aromatic rings. The number of alkyl halides is 1. The van der Waals surface area contributed by atoms with Crippen LogP contribution in [0.5, 0.6) is 0 Å². The van der Waals surface area contributed by atoms with Crippen LogP contribution in [0.2, 0.25) is 15.1 Å². The normalized spacial score (nSPS) is 11.2. The van der Waals surface area contributed by atoms with E-state index in [2.05, 4.69) is 4.98 Å². The van der Waals surface area contributed by atoms with Gasteiger partial charge in [-0.1, -0.05) is 40.9 Å². The van der Waals surface area contributed by atoms with Crippen molar-refractivity contribution in [2.75, 3.05) is 0 Å². The Hall–Kier alpha value is -0.930. The van der Waals surface area contributed by atoms with Crippen LogP contribution in [-0.4, -0.2) is 9.55 Å². The minimum atomic E-state index is 0.269. The fraction of sp³-hybridized carbons (Fsp3) is 0.0714. The summed E-state index contributed by atoms with van der Waals surface area (Å²) in [6.07, 6.45) is 0. The molecule has 0 unspecified atom stereocenters. The van der Waals surface area contributed by atoms with Crippen LogP contribution in [0.15, 0.2) is 36.4 Å². The summed E-state index contributed by atoms with van der Waals surface area (Å²) in [5.41, 5.74) is 2.45. The monoisotopic (exact) mass is 344 g/mol. The molecule has 0 saturated heterocycles. The Morgan fingerprint density at radius 2 is 1.75 bits per heavy atom. The van der Waals surface area contributed by atoms with Gasteiger partial charge < -0.3 is 0 Å². The number of imidazole rings is 1. The first-order valence-corrected chi connectivity index (χ1v) is 7.46. The first-order chi connectivity index (χ1) is 9.61. The second-order valence-corrected chi connectivity index (χ2v) is 5.69. The van der Waals surface area contributed by atoms with E-state index < -0.39 is 0 Å². The zero-order valence-corrected chi connectivity index (χ0v) is 13.1. The Kier molecular flexibility index (Phi) is 3.83. The summed E-state index contributed by atoms with van der Waals surface area (Å²) < 4.78 is 1.93. The molecule has 0 aliphatic carbocycles. The standard InChI is InChI=1S/C14H8Cl4N2/c15-7-13-19-14-10(17)2-1-3-12(14)20(13)8-4-5-9(16)11(18)6-8/h1-6H,7H2. The van der Waals surface area contributed by atoms with Gasteiger partial charge in [0, 0.05) is 5.69 Å². The van der Waals surface area contributed by atoms with Gasteiger partial charge in [0.15, 0.2) is 0 Å². The molecule has 0 spiro atoms. The van der Waals surface area contributed by atoms with Crippen LogP contribution in [0.1, 0.15) is 5.82 Å². The number of fused-ring (bicyclic) bond motifs is 1. The van der Waals surface area contributed by atoms with Crippen LogP contribution in [0.4, 0.5) is 0 Å². The highest BCUT2D eigenvalue weighted by Crippen LogP contribution is 2.30. The van der Waals surface area contributed by atoms with Crippen LogP contribution < -0.4 is 0 Å². The molecule has 0 bridgehead atoms. The van der Waals surface area contributed by atoms with Gasteiger partial charge in [0.2, 0.25) is 0 Å². The van der Waals surface area contributed by atoms with E-state index >= 15 is 0 Å². The first-order valence-electron chi connectivity index (χ1n) is 5.79. The SMILES string of the molecule is ClCc1nc2c(Cl)cccc2n1-c1ccc(Cl)c(Cl)c1. The van der Waals surface area contributed by atoms with Gasteiger partial charge in [0.25, 0.3) is 0 Å². The summed E-state index contributed by atoms with van der Waals surface area (Å²) in [6, 6.07) is 11.0. The van der Waals surface area contributed by atoms with Gasteiger partial charge in [-0.05, 0) is 30.3 Å². The average molecular weight is 346 g/mol. The molecule has 2 nitrogen and oxygen atoms in total. The zero-order valence-electron chi connectivity index (χ0n) is 10.1. The lowest BCUT2D eigenvalue weighted by atomic mass is 10.2. The van der Waals surface area contributed by atoms with E-state index in [9.17, 15) is 0 Å². The van der Waals surface area contributed by atoms with Gasteiger partial charge in [-0.25, -0.2) is 4.98 Å². The largest absolute Gasteiger partial charge is 0.295 e. The third-order valence-electron chi connectivity index (χ3n) is 2.99.